The summed E-state index contributed by atoms with van der Waals surface area (Å²) >= 11 is 0. The summed E-state index contributed by atoms with van der Waals surface area (Å²) in [7, 11) is 0. The van der Waals surface area contributed by atoms with Gasteiger partial charge in [-0.25, -0.2) is 0 Å². The smallest absolute Gasteiger partial charge is 0.295 e. The standard InChI is InChI=1S/C15H17N3O2/c1-11-5-4-8-14(15(11)18(19)20)17-10-13-7-3-2-6-12(13)9-16/h2-8,17H,9-10,16H2,1H3. The van der Waals surface area contributed by atoms with Crippen molar-refractivity contribution in [2.45, 2.75) is 20.0 Å². The SMILES string of the molecule is Cc1cccc(NCc2ccccc2CN)c1[N+](=O)[O-]. The third-order valence-corrected chi connectivity index (χ3v) is 3.23. The normalized spacial score (nSPS) is 10.3. The van der Waals surface area contributed by atoms with E-state index in [-0.39, 0.29) is 10.6 Å². The molecule has 0 unspecified atom stereocenters. The highest BCUT2D eigenvalue weighted by molar-refractivity contribution is 5.65. The van der Waals surface area contributed by atoms with Crippen LogP contribution in [0, 0.1) is 17.0 Å². The number of rotatable bonds is 5. The summed E-state index contributed by atoms with van der Waals surface area (Å²) in [6, 6.07) is 13.0. The molecule has 0 radical (unpaired) electrons. The lowest BCUT2D eigenvalue weighted by Crippen LogP contribution is -2.07. The van der Waals surface area contributed by atoms with Crippen LogP contribution >= 0.6 is 0 Å². The van der Waals surface area contributed by atoms with Gasteiger partial charge in [-0.15, -0.1) is 0 Å². The number of benzene rings is 2. The van der Waals surface area contributed by atoms with E-state index >= 15 is 0 Å². The first kappa shape index (κ1) is 14.0. The van der Waals surface area contributed by atoms with Crippen molar-refractivity contribution < 1.29 is 4.92 Å². The summed E-state index contributed by atoms with van der Waals surface area (Å²) < 4.78 is 0. The molecule has 0 spiro atoms. The van der Waals surface area contributed by atoms with Gasteiger partial charge in [0.1, 0.15) is 5.69 Å². The van der Waals surface area contributed by atoms with Gasteiger partial charge in [-0.05, 0) is 24.1 Å². The molecule has 5 heteroatoms. The van der Waals surface area contributed by atoms with Gasteiger partial charge in [-0.3, -0.25) is 10.1 Å². The number of anilines is 1. The molecule has 2 aromatic rings. The van der Waals surface area contributed by atoms with Crippen molar-refractivity contribution in [1.82, 2.24) is 0 Å². The van der Waals surface area contributed by atoms with Gasteiger partial charge < -0.3 is 11.1 Å². The number of aryl methyl sites for hydroxylation is 1. The van der Waals surface area contributed by atoms with Gasteiger partial charge in [0.15, 0.2) is 0 Å². The predicted molar refractivity (Wildman–Crippen MR) is 79.5 cm³/mol. The molecular weight excluding hydrogens is 254 g/mol. The fourth-order valence-electron chi connectivity index (χ4n) is 2.16. The van der Waals surface area contributed by atoms with Crippen LogP contribution in [0.15, 0.2) is 42.5 Å². The molecule has 0 bridgehead atoms. The largest absolute Gasteiger partial charge is 0.375 e. The first-order valence-electron chi connectivity index (χ1n) is 6.38. The van der Waals surface area contributed by atoms with E-state index in [0.717, 1.165) is 11.1 Å². The Balaban J connectivity index is 2.23. The molecule has 3 N–H and O–H groups in total. The number of nitrogens with zero attached hydrogens (tertiary/aromatic N) is 1. The van der Waals surface area contributed by atoms with E-state index in [1.54, 1.807) is 25.1 Å². The van der Waals surface area contributed by atoms with Crippen molar-refractivity contribution in [3.8, 4) is 0 Å². The molecule has 0 saturated heterocycles. The molecule has 20 heavy (non-hydrogen) atoms. The zero-order valence-electron chi connectivity index (χ0n) is 11.3. The van der Waals surface area contributed by atoms with Crippen LogP contribution < -0.4 is 11.1 Å². The number of nitrogens with one attached hydrogen (secondary N) is 1. The lowest BCUT2D eigenvalue weighted by Gasteiger charge is -2.11. The second kappa shape index (κ2) is 6.16. The molecule has 0 aliphatic carbocycles. The number of nitro benzene ring substituents is 1. The molecule has 2 rings (SSSR count). The summed E-state index contributed by atoms with van der Waals surface area (Å²) in [6.07, 6.45) is 0. The highest BCUT2D eigenvalue weighted by Gasteiger charge is 2.16. The molecular formula is C15H17N3O2. The van der Waals surface area contributed by atoms with E-state index in [1.165, 1.54) is 0 Å². The second-order valence-corrected chi connectivity index (χ2v) is 4.55. The Bertz CT molecular complexity index is 626. The van der Waals surface area contributed by atoms with Crippen molar-refractivity contribution in [2.75, 3.05) is 5.32 Å². The minimum Gasteiger partial charge on any atom is -0.375 e. The fraction of sp³-hybridized carbons (Fsp3) is 0.200. The average Bonchev–Trinajstić information content (AvgIpc) is 2.45. The van der Waals surface area contributed by atoms with Gasteiger partial charge in [0.05, 0.1) is 4.92 Å². The van der Waals surface area contributed by atoms with E-state index in [2.05, 4.69) is 5.32 Å². The highest BCUT2D eigenvalue weighted by Crippen LogP contribution is 2.28. The van der Waals surface area contributed by atoms with Crippen LogP contribution in [0.25, 0.3) is 0 Å². The number of hydrogen-bond donors (Lipinski definition) is 2. The average molecular weight is 271 g/mol. The van der Waals surface area contributed by atoms with Gasteiger partial charge in [-0.2, -0.15) is 0 Å². The van der Waals surface area contributed by atoms with Crippen molar-refractivity contribution >= 4 is 11.4 Å². The van der Waals surface area contributed by atoms with Gasteiger partial charge in [0, 0.05) is 18.7 Å². The lowest BCUT2D eigenvalue weighted by molar-refractivity contribution is -0.384. The van der Waals surface area contributed by atoms with Crippen LogP contribution in [0.5, 0.6) is 0 Å². The van der Waals surface area contributed by atoms with E-state index in [9.17, 15) is 10.1 Å². The lowest BCUT2D eigenvalue weighted by atomic mass is 10.1. The van der Waals surface area contributed by atoms with E-state index < -0.39 is 0 Å². The number of para-hydroxylation sites is 1. The third kappa shape index (κ3) is 2.95. The van der Waals surface area contributed by atoms with Gasteiger partial charge >= 0.3 is 0 Å². The van der Waals surface area contributed by atoms with E-state index in [1.807, 2.05) is 24.3 Å². The number of nitro groups is 1. The zero-order valence-corrected chi connectivity index (χ0v) is 11.3. The monoisotopic (exact) mass is 271 g/mol. The van der Waals surface area contributed by atoms with Crippen LogP contribution in [0.4, 0.5) is 11.4 Å². The summed E-state index contributed by atoms with van der Waals surface area (Å²) in [4.78, 5) is 10.8. The summed E-state index contributed by atoms with van der Waals surface area (Å²) in [5, 5.41) is 14.3. The molecule has 5 nitrogen and oxygen atoms in total. The van der Waals surface area contributed by atoms with Crippen LogP contribution in [-0.2, 0) is 13.1 Å². The van der Waals surface area contributed by atoms with E-state index in [0.29, 0.717) is 24.3 Å². The Labute approximate surface area is 117 Å². The maximum atomic E-state index is 11.1. The van der Waals surface area contributed by atoms with Gasteiger partial charge in [0.25, 0.3) is 5.69 Å². The van der Waals surface area contributed by atoms with Crippen LogP contribution in [0.1, 0.15) is 16.7 Å². The molecule has 2 aromatic carbocycles. The minimum atomic E-state index is -0.355. The second-order valence-electron chi connectivity index (χ2n) is 4.55. The Morgan fingerprint density at radius 2 is 1.85 bits per heavy atom. The van der Waals surface area contributed by atoms with Crippen molar-refractivity contribution in [1.29, 1.82) is 0 Å². The molecule has 0 aliphatic heterocycles. The molecule has 0 aliphatic rings. The molecule has 0 amide bonds. The van der Waals surface area contributed by atoms with Crippen LogP contribution in [0.2, 0.25) is 0 Å². The fourth-order valence-corrected chi connectivity index (χ4v) is 2.16. The number of nitrogens with two attached hydrogens (primary N) is 1. The highest BCUT2D eigenvalue weighted by atomic mass is 16.6. The molecule has 0 aromatic heterocycles. The predicted octanol–water partition coefficient (Wildman–Crippen LogP) is 2.97. The van der Waals surface area contributed by atoms with Crippen molar-refractivity contribution in [3.63, 3.8) is 0 Å². The first-order chi connectivity index (χ1) is 9.63. The molecule has 0 saturated carbocycles. The first-order valence-corrected chi connectivity index (χ1v) is 6.38. The molecule has 0 fully saturated rings. The Morgan fingerprint density at radius 3 is 2.50 bits per heavy atom. The quantitative estimate of drug-likeness (QED) is 0.647. The van der Waals surface area contributed by atoms with Gasteiger partial charge in [-0.1, -0.05) is 36.4 Å². The Hall–Kier alpha value is -2.40. The van der Waals surface area contributed by atoms with E-state index in [4.69, 9.17) is 5.73 Å². The summed E-state index contributed by atoms with van der Waals surface area (Å²) in [5.74, 6) is 0. The maximum absolute atomic E-state index is 11.1. The van der Waals surface area contributed by atoms with Crippen LogP contribution in [-0.4, -0.2) is 4.92 Å². The molecule has 104 valence electrons. The Kier molecular flexibility index (Phi) is 4.32. The third-order valence-electron chi connectivity index (χ3n) is 3.23. The summed E-state index contributed by atoms with van der Waals surface area (Å²) in [6.45, 7) is 2.70. The van der Waals surface area contributed by atoms with Crippen molar-refractivity contribution in [3.05, 3.63) is 69.3 Å². The maximum Gasteiger partial charge on any atom is 0.295 e. The molecule has 0 heterocycles. The summed E-state index contributed by atoms with van der Waals surface area (Å²) in [5.41, 5.74) is 9.07. The Morgan fingerprint density at radius 1 is 1.15 bits per heavy atom. The van der Waals surface area contributed by atoms with Crippen molar-refractivity contribution in [2.24, 2.45) is 5.73 Å². The van der Waals surface area contributed by atoms with Gasteiger partial charge in [0.2, 0.25) is 0 Å². The zero-order chi connectivity index (χ0) is 14.5. The molecule has 0 atom stereocenters. The number of hydrogen-bond acceptors (Lipinski definition) is 4. The topological polar surface area (TPSA) is 81.2 Å². The van der Waals surface area contributed by atoms with Crippen LogP contribution in [0.3, 0.4) is 0 Å². The minimum absolute atomic E-state index is 0.123.